The molecule has 0 saturated heterocycles. The number of nitrogens with zero attached hydrogens (tertiary/aromatic N) is 6. The summed E-state index contributed by atoms with van der Waals surface area (Å²) < 4.78 is 7.19. The highest BCUT2D eigenvalue weighted by molar-refractivity contribution is 7.99. The van der Waals surface area contributed by atoms with Gasteiger partial charge in [-0.25, -0.2) is 4.68 Å². The van der Waals surface area contributed by atoms with Gasteiger partial charge in [0.15, 0.2) is 0 Å². The summed E-state index contributed by atoms with van der Waals surface area (Å²) in [4.78, 5) is 4.48. The van der Waals surface area contributed by atoms with Crippen LogP contribution in [0, 0.1) is 0 Å². The summed E-state index contributed by atoms with van der Waals surface area (Å²) in [7, 11) is 0. The van der Waals surface area contributed by atoms with E-state index in [1.54, 1.807) is 4.68 Å². The number of hydrogen-bond acceptors (Lipinski definition) is 7. The first kappa shape index (κ1) is 15.7. The lowest BCUT2D eigenvalue weighted by Crippen LogP contribution is -2.24. The number of benzene rings is 1. The zero-order chi connectivity index (χ0) is 16.4. The quantitative estimate of drug-likeness (QED) is 0.678. The Hall–Kier alpha value is -2.22. The van der Waals surface area contributed by atoms with Crippen LogP contribution >= 0.6 is 11.8 Å². The normalized spacial score (nSPS) is 13.2. The standard InChI is InChI=1S/C15H18N6OS/c1-10(23-14-17-19-20-21(14)15(2,3)4)13-16-12(18-22-13)11-8-6-5-7-9-11/h5-10H,1-4H3/t10-/m1/s1. The lowest BCUT2D eigenvalue weighted by Gasteiger charge is -2.19. The molecule has 0 aliphatic rings. The Morgan fingerprint density at radius 2 is 1.91 bits per heavy atom. The van der Waals surface area contributed by atoms with Gasteiger partial charge in [0.2, 0.25) is 16.9 Å². The summed E-state index contributed by atoms with van der Waals surface area (Å²) in [6.07, 6.45) is 0. The van der Waals surface area contributed by atoms with E-state index >= 15 is 0 Å². The first-order valence-corrected chi connectivity index (χ1v) is 8.17. The maximum atomic E-state index is 5.40. The number of tetrazole rings is 1. The van der Waals surface area contributed by atoms with Gasteiger partial charge in [-0.15, -0.1) is 5.10 Å². The van der Waals surface area contributed by atoms with Crippen molar-refractivity contribution in [1.82, 2.24) is 30.3 Å². The second-order valence-electron chi connectivity index (χ2n) is 6.13. The maximum Gasteiger partial charge on any atom is 0.240 e. The Morgan fingerprint density at radius 1 is 1.17 bits per heavy atom. The molecule has 3 rings (SSSR count). The summed E-state index contributed by atoms with van der Waals surface area (Å²) in [5.41, 5.74) is 0.745. The molecule has 0 N–H and O–H groups in total. The van der Waals surface area contributed by atoms with Gasteiger partial charge in [-0.3, -0.25) is 0 Å². The minimum absolute atomic E-state index is 0.0490. The van der Waals surface area contributed by atoms with Crippen molar-refractivity contribution in [1.29, 1.82) is 0 Å². The van der Waals surface area contributed by atoms with Crippen LogP contribution in [-0.2, 0) is 5.54 Å². The summed E-state index contributed by atoms with van der Waals surface area (Å²) in [5.74, 6) is 1.14. The lowest BCUT2D eigenvalue weighted by atomic mass is 10.1. The molecule has 1 aromatic carbocycles. The zero-order valence-electron chi connectivity index (χ0n) is 13.5. The molecule has 0 fully saturated rings. The van der Waals surface area contributed by atoms with E-state index in [1.165, 1.54) is 11.8 Å². The smallest absolute Gasteiger partial charge is 0.240 e. The Labute approximate surface area is 138 Å². The van der Waals surface area contributed by atoms with Gasteiger partial charge >= 0.3 is 0 Å². The lowest BCUT2D eigenvalue weighted by molar-refractivity contribution is 0.320. The molecular weight excluding hydrogens is 312 g/mol. The summed E-state index contributed by atoms with van der Waals surface area (Å²) >= 11 is 1.50. The van der Waals surface area contributed by atoms with E-state index in [0.717, 1.165) is 10.7 Å². The Bertz CT molecular complexity index is 777. The second kappa shape index (κ2) is 6.11. The molecule has 8 heteroatoms. The van der Waals surface area contributed by atoms with Crippen LogP contribution in [0.4, 0.5) is 0 Å². The van der Waals surface area contributed by atoms with Crippen LogP contribution in [0.2, 0.25) is 0 Å². The molecule has 0 aliphatic carbocycles. The molecule has 120 valence electrons. The van der Waals surface area contributed by atoms with Gasteiger partial charge in [0.05, 0.1) is 10.8 Å². The highest BCUT2D eigenvalue weighted by atomic mass is 32.2. The van der Waals surface area contributed by atoms with Crippen molar-refractivity contribution < 1.29 is 4.52 Å². The predicted octanol–water partition coefficient (Wildman–Crippen LogP) is 3.33. The Morgan fingerprint density at radius 3 is 2.61 bits per heavy atom. The van der Waals surface area contributed by atoms with Crippen molar-refractivity contribution in [2.75, 3.05) is 0 Å². The molecule has 0 spiro atoms. The summed E-state index contributed by atoms with van der Waals surface area (Å²) in [5, 5.41) is 16.6. The van der Waals surface area contributed by atoms with Gasteiger partial charge in [-0.1, -0.05) is 47.3 Å². The largest absolute Gasteiger partial charge is 0.338 e. The van der Waals surface area contributed by atoms with E-state index in [2.05, 4.69) is 46.4 Å². The van der Waals surface area contributed by atoms with Crippen molar-refractivity contribution in [3.63, 3.8) is 0 Å². The van der Waals surface area contributed by atoms with Gasteiger partial charge in [-0.2, -0.15) is 4.98 Å². The fourth-order valence-electron chi connectivity index (χ4n) is 1.99. The molecule has 0 unspecified atom stereocenters. The molecule has 0 radical (unpaired) electrons. The molecule has 0 saturated carbocycles. The Kier molecular flexibility index (Phi) is 4.16. The van der Waals surface area contributed by atoms with Crippen molar-refractivity contribution in [2.45, 2.75) is 43.6 Å². The molecular formula is C15H18N6OS. The number of rotatable bonds is 4. The summed E-state index contributed by atoms with van der Waals surface area (Å²) in [6, 6.07) is 9.75. The molecule has 23 heavy (non-hydrogen) atoms. The minimum atomic E-state index is -0.185. The molecule has 0 aliphatic heterocycles. The molecule has 0 amide bonds. The van der Waals surface area contributed by atoms with Gasteiger partial charge in [0, 0.05) is 5.56 Å². The topological polar surface area (TPSA) is 82.5 Å². The van der Waals surface area contributed by atoms with Crippen LogP contribution < -0.4 is 0 Å². The van der Waals surface area contributed by atoms with Crippen LogP contribution in [0.15, 0.2) is 40.0 Å². The van der Waals surface area contributed by atoms with Crippen LogP contribution in [0.3, 0.4) is 0 Å². The van der Waals surface area contributed by atoms with E-state index < -0.39 is 0 Å². The third-order valence-electron chi connectivity index (χ3n) is 3.18. The summed E-state index contributed by atoms with van der Waals surface area (Å²) in [6.45, 7) is 8.16. The zero-order valence-corrected chi connectivity index (χ0v) is 14.3. The van der Waals surface area contributed by atoms with Crippen molar-refractivity contribution in [3.05, 3.63) is 36.2 Å². The van der Waals surface area contributed by atoms with E-state index in [1.807, 2.05) is 37.3 Å². The van der Waals surface area contributed by atoms with Gasteiger partial charge in [-0.05, 0) is 38.1 Å². The molecule has 1 atom stereocenters. The van der Waals surface area contributed by atoms with Gasteiger partial charge < -0.3 is 4.52 Å². The van der Waals surface area contributed by atoms with Crippen LogP contribution in [0.5, 0.6) is 0 Å². The van der Waals surface area contributed by atoms with Gasteiger partial charge in [0.1, 0.15) is 0 Å². The highest BCUT2D eigenvalue weighted by Crippen LogP contribution is 2.34. The second-order valence-corrected chi connectivity index (χ2v) is 7.43. The molecule has 0 bridgehead atoms. The van der Waals surface area contributed by atoms with E-state index in [9.17, 15) is 0 Å². The minimum Gasteiger partial charge on any atom is -0.338 e. The van der Waals surface area contributed by atoms with E-state index in [0.29, 0.717) is 11.7 Å². The average molecular weight is 330 g/mol. The van der Waals surface area contributed by atoms with Crippen LogP contribution in [0.25, 0.3) is 11.4 Å². The van der Waals surface area contributed by atoms with Crippen molar-refractivity contribution in [3.8, 4) is 11.4 Å². The number of hydrogen-bond donors (Lipinski definition) is 0. The Balaban J connectivity index is 1.79. The third-order valence-corrected chi connectivity index (χ3v) is 4.20. The fourth-order valence-corrected chi connectivity index (χ4v) is 2.99. The van der Waals surface area contributed by atoms with Crippen molar-refractivity contribution in [2.24, 2.45) is 0 Å². The SMILES string of the molecule is C[C@@H](Sc1nnnn1C(C)(C)C)c1nc(-c2ccccc2)no1. The first-order valence-electron chi connectivity index (χ1n) is 7.29. The van der Waals surface area contributed by atoms with E-state index in [4.69, 9.17) is 4.52 Å². The third kappa shape index (κ3) is 3.42. The van der Waals surface area contributed by atoms with E-state index in [-0.39, 0.29) is 10.8 Å². The van der Waals surface area contributed by atoms with Crippen molar-refractivity contribution >= 4 is 11.8 Å². The van der Waals surface area contributed by atoms with Crippen LogP contribution in [-0.4, -0.2) is 30.3 Å². The predicted molar refractivity (Wildman–Crippen MR) is 86.8 cm³/mol. The molecule has 3 aromatic rings. The molecule has 2 aromatic heterocycles. The fraction of sp³-hybridized carbons (Fsp3) is 0.400. The first-order chi connectivity index (χ1) is 10.9. The number of aromatic nitrogens is 6. The monoisotopic (exact) mass is 330 g/mol. The average Bonchev–Trinajstić information content (AvgIpc) is 3.16. The van der Waals surface area contributed by atoms with Gasteiger partial charge in [0.25, 0.3) is 0 Å². The molecule has 2 heterocycles. The highest BCUT2D eigenvalue weighted by Gasteiger charge is 2.24. The maximum absolute atomic E-state index is 5.40. The number of thioether (sulfide) groups is 1. The van der Waals surface area contributed by atoms with Crippen LogP contribution in [0.1, 0.15) is 38.8 Å². The molecule has 7 nitrogen and oxygen atoms in total.